The number of carbonyl (C=O) groups is 1. The maximum Gasteiger partial charge on any atom is 0.573 e. The maximum absolute atomic E-state index is 12.2. The van der Waals surface area contributed by atoms with E-state index in [1.165, 1.54) is 0 Å². The van der Waals surface area contributed by atoms with Crippen LogP contribution in [0.25, 0.3) is 0 Å². The summed E-state index contributed by atoms with van der Waals surface area (Å²) in [5.74, 6) is -2.38. The molecule has 0 N–H and O–H groups in total. The second-order valence-electron chi connectivity index (χ2n) is 3.69. The van der Waals surface area contributed by atoms with E-state index in [4.69, 9.17) is 0 Å². The third kappa shape index (κ3) is 6.28. The summed E-state index contributed by atoms with van der Waals surface area (Å²) in [5.41, 5.74) is 0.152. The molecule has 0 fully saturated rings. The number of esters is 1. The van der Waals surface area contributed by atoms with Crippen LogP contribution in [0.4, 0.5) is 22.0 Å². The molecule has 118 valence electrons. The summed E-state index contributed by atoms with van der Waals surface area (Å²) >= 11 is 0. The first kappa shape index (κ1) is 17.0. The van der Waals surface area contributed by atoms with Gasteiger partial charge in [0.2, 0.25) is 0 Å². The fourth-order valence-corrected chi connectivity index (χ4v) is 1.44. The Balaban J connectivity index is 2.98. The minimum absolute atomic E-state index is 0.120. The molecule has 1 rings (SSSR count). The summed E-state index contributed by atoms with van der Waals surface area (Å²) in [7, 11) is 0. The van der Waals surface area contributed by atoms with Gasteiger partial charge in [-0.1, -0.05) is 6.07 Å². The van der Waals surface area contributed by atoms with Crippen molar-refractivity contribution in [2.24, 2.45) is 0 Å². The number of hydrogen-bond donors (Lipinski definition) is 0. The quantitative estimate of drug-likeness (QED) is 0.597. The van der Waals surface area contributed by atoms with Crippen molar-refractivity contribution >= 4 is 5.97 Å². The zero-order valence-electron chi connectivity index (χ0n) is 10.7. The Hall–Kier alpha value is -2.06. The normalized spacial score (nSPS) is 11.4. The van der Waals surface area contributed by atoms with E-state index in [-0.39, 0.29) is 18.6 Å². The highest BCUT2D eigenvalue weighted by atomic mass is 19.4. The number of ether oxygens (including phenoxy) is 3. The summed E-state index contributed by atoms with van der Waals surface area (Å²) in [6, 6.07) is 2.78. The molecule has 0 unspecified atom stereocenters. The lowest BCUT2D eigenvalue weighted by Crippen LogP contribution is -2.18. The van der Waals surface area contributed by atoms with Crippen LogP contribution in [0, 0.1) is 0 Å². The van der Waals surface area contributed by atoms with Crippen LogP contribution in [-0.2, 0) is 16.0 Å². The highest BCUT2D eigenvalue weighted by Gasteiger charge is 2.33. The average Bonchev–Trinajstić information content (AvgIpc) is 2.30. The first-order valence-corrected chi connectivity index (χ1v) is 5.70. The molecule has 9 heteroatoms. The smallest absolute Gasteiger partial charge is 0.466 e. The molecule has 0 heterocycles. The molecular weight excluding hydrogens is 303 g/mol. The fraction of sp³-hybridized carbons (Fsp3) is 0.417. The summed E-state index contributed by atoms with van der Waals surface area (Å²) in [5, 5.41) is 0. The lowest BCUT2D eigenvalue weighted by Gasteiger charge is -2.14. The Kier molecular flexibility index (Phi) is 5.74. The molecule has 4 nitrogen and oxygen atoms in total. The molecule has 0 radical (unpaired) electrons. The molecule has 0 aromatic heterocycles. The predicted octanol–water partition coefficient (Wildman–Crippen LogP) is 3.29. The second-order valence-corrected chi connectivity index (χ2v) is 3.69. The molecule has 0 saturated carbocycles. The Morgan fingerprint density at radius 1 is 1.24 bits per heavy atom. The van der Waals surface area contributed by atoms with E-state index in [0.717, 1.165) is 18.2 Å². The zero-order chi connectivity index (χ0) is 16.0. The molecule has 0 spiro atoms. The van der Waals surface area contributed by atoms with E-state index in [9.17, 15) is 26.7 Å². The molecule has 0 saturated heterocycles. The van der Waals surface area contributed by atoms with Crippen LogP contribution in [0.5, 0.6) is 11.5 Å². The maximum atomic E-state index is 12.2. The van der Waals surface area contributed by atoms with Crippen LogP contribution >= 0.6 is 0 Å². The van der Waals surface area contributed by atoms with Crippen molar-refractivity contribution in [1.29, 1.82) is 0 Å². The predicted molar refractivity (Wildman–Crippen MR) is 60.1 cm³/mol. The van der Waals surface area contributed by atoms with Gasteiger partial charge < -0.3 is 14.2 Å². The third-order valence-electron chi connectivity index (χ3n) is 2.10. The van der Waals surface area contributed by atoms with Gasteiger partial charge in [-0.05, 0) is 24.6 Å². The summed E-state index contributed by atoms with van der Waals surface area (Å²) in [6.07, 6.45) is -5.34. The third-order valence-corrected chi connectivity index (χ3v) is 2.10. The van der Waals surface area contributed by atoms with Gasteiger partial charge in [0, 0.05) is 0 Å². The van der Waals surface area contributed by atoms with Gasteiger partial charge in [0.25, 0.3) is 0 Å². The van der Waals surface area contributed by atoms with Gasteiger partial charge in [-0.25, -0.2) is 0 Å². The van der Waals surface area contributed by atoms with Crippen molar-refractivity contribution in [1.82, 2.24) is 0 Å². The monoisotopic (exact) mass is 314 g/mol. The highest BCUT2D eigenvalue weighted by molar-refractivity contribution is 5.72. The molecule has 0 atom stereocenters. The van der Waals surface area contributed by atoms with Gasteiger partial charge in [-0.3, -0.25) is 4.79 Å². The number of rotatable bonds is 6. The minimum atomic E-state index is -5.05. The van der Waals surface area contributed by atoms with Crippen molar-refractivity contribution in [2.45, 2.75) is 26.3 Å². The highest BCUT2D eigenvalue weighted by Crippen LogP contribution is 2.34. The van der Waals surface area contributed by atoms with E-state index in [0.29, 0.717) is 0 Å². The molecule has 0 bridgehead atoms. The first-order chi connectivity index (χ1) is 9.71. The SMILES string of the molecule is CCOC(=O)Cc1ccc(OC(F)(F)F)c(OC(F)F)c1. The van der Waals surface area contributed by atoms with Gasteiger partial charge in [0.15, 0.2) is 11.5 Å². The van der Waals surface area contributed by atoms with Crippen molar-refractivity contribution in [3.63, 3.8) is 0 Å². The van der Waals surface area contributed by atoms with Crippen LogP contribution in [0.3, 0.4) is 0 Å². The van der Waals surface area contributed by atoms with Crippen molar-refractivity contribution in [2.75, 3.05) is 6.61 Å². The molecule has 0 aliphatic heterocycles. The first-order valence-electron chi connectivity index (χ1n) is 5.70. The van der Waals surface area contributed by atoms with Gasteiger partial charge in [0.1, 0.15) is 0 Å². The van der Waals surface area contributed by atoms with Gasteiger partial charge in [-0.2, -0.15) is 8.78 Å². The summed E-state index contributed by atoms with van der Waals surface area (Å²) in [4.78, 5) is 11.2. The average molecular weight is 314 g/mol. The van der Waals surface area contributed by atoms with E-state index in [2.05, 4.69) is 14.2 Å². The molecule has 0 amide bonds. The van der Waals surface area contributed by atoms with E-state index in [1.807, 2.05) is 0 Å². The van der Waals surface area contributed by atoms with Gasteiger partial charge in [0.05, 0.1) is 13.0 Å². The molecule has 21 heavy (non-hydrogen) atoms. The Bertz CT molecular complexity index is 487. The largest absolute Gasteiger partial charge is 0.573 e. The number of hydrogen-bond acceptors (Lipinski definition) is 4. The lowest BCUT2D eigenvalue weighted by atomic mass is 10.1. The van der Waals surface area contributed by atoms with Crippen molar-refractivity contribution in [3.8, 4) is 11.5 Å². The Morgan fingerprint density at radius 3 is 2.43 bits per heavy atom. The van der Waals surface area contributed by atoms with E-state index < -0.39 is 30.4 Å². The molecule has 1 aromatic carbocycles. The molecule has 0 aliphatic carbocycles. The minimum Gasteiger partial charge on any atom is -0.466 e. The second kappa shape index (κ2) is 7.09. The van der Waals surface area contributed by atoms with E-state index in [1.54, 1.807) is 6.92 Å². The summed E-state index contributed by atoms with van der Waals surface area (Å²) < 4.78 is 73.0. The number of alkyl halides is 5. The van der Waals surface area contributed by atoms with E-state index >= 15 is 0 Å². The van der Waals surface area contributed by atoms with Crippen LogP contribution in [-0.4, -0.2) is 25.6 Å². The van der Waals surface area contributed by atoms with Gasteiger partial charge >= 0.3 is 18.9 Å². The number of halogens is 5. The molecular formula is C12H11F5O4. The van der Waals surface area contributed by atoms with Crippen LogP contribution in [0.15, 0.2) is 18.2 Å². The lowest BCUT2D eigenvalue weighted by molar-refractivity contribution is -0.275. The number of benzene rings is 1. The van der Waals surface area contributed by atoms with Crippen molar-refractivity contribution < 1.29 is 41.0 Å². The molecule has 1 aromatic rings. The topological polar surface area (TPSA) is 44.8 Å². The molecule has 0 aliphatic rings. The fourth-order valence-electron chi connectivity index (χ4n) is 1.44. The zero-order valence-corrected chi connectivity index (χ0v) is 10.7. The van der Waals surface area contributed by atoms with Gasteiger partial charge in [-0.15, -0.1) is 13.2 Å². The summed E-state index contributed by atoms with van der Waals surface area (Å²) in [6.45, 7) is -1.64. The van der Waals surface area contributed by atoms with Crippen LogP contribution in [0.2, 0.25) is 0 Å². The Labute approximate surface area is 116 Å². The Morgan fingerprint density at radius 2 is 1.90 bits per heavy atom. The van der Waals surface area contributed by atoms with Crippen LogP contribution < -0.4 is 9.47 Å². The standard InChI is InChI=1S/C12H11F5O4/c1-2-19-10(18)6-7-3-4-8(21-12(15,16)17)9(5-7)20-11(13)14/h3-5,11H,2,6H2,1H3. The van der Waals surface area contributed by atoms with Crippen molar-refractivity contribution in [3.05, 3.63) is 23.8 Å². The number of carbonyl (C=O) groups excluding carboxylic acids is 1. The van der Waals surface area contributed by atoms with Crippen LogP contribution in [0.1, 0.15) is 12.5 Å².